The minimum absolute atomic E-state index is 0.0834. The van der Waals surface area contributed by atoms with Crippen molar-refractivity contribution in [3.63, 3.8) is 0 Å². The average molecular weight is 407 g/mol. The predicted molar refractivity (Wildman–Crippen MR) is 118 cm³/mol. The first-order valence-electron chi connectivity index (χ1n) is 10.0. The number of carbonyl (C=O) groups excluding carboxylic acids is 1. The molecule has 1 amide bonds. The maximum atomic E-state index is 12.4. The summed E-state index contributed by atoms with van der Waals surface area (Å²) in [6, 6.07) is 19.2. The first kappa shape index (κ1) is 19.7. The van der Waals surface area contributed by atoms with Crippen LogP contribution in [0.4, 0.5) is 4.79 Å². The van der Waals surface area contributed by atoms with Gasteiger partial charge >= 0.3 is 6.09 Å². The molecule has 0 saturated carbocycles. The molecule has 29 heavy (non-hydrogen) atoms. The van der Waals surface area contributed by atoms with E-state index in [4.69, 9.17) is 4.74 Å². The van der Waals surface area contributed by atoms with Crippen molar-refractivity contribution in [1.82, 2.24) is 10.6 Å². The van der Waals surface area contributed by atoms with Gasteiger partial charge in [0.1, 0.15) is 6.61 Å². The molecule has 2 aromatic carbocycles. The van der Waals surface area contributed by atoms with E-state index >= 15 is 0 Å². The molecule has 1 aliphatic carbocycles. The van der Waals surface area contributed by atoms with Crippen LogP contribution in [0.3, 0.4) is 0 Å². The third-order valence-corrected chi connectivity index (χ3v) is 6.24. The van der Waals surface area contributed by atoms with Crippen LogP contribution in [0.5, 0.6) is 0 Å². The third kappa shape index (κ3) is 4.36. The van der Waals surface area contributed by atoms with Crippen molar-refractivity contribution in [3.05, 3.63) is 81.5 Å². The van der Waals surface area contributed by atoms with Crippen molar-refractivity contribution in [1.29, 1.82) is 0 Å². The highest BCUT2D eigenvalue weighted by Crippen LogP contribution is 2.44. The number of fused-ring (bicyclic) bond motifs is 3. The number of rotatable bonds is 7. The van der Waals surface area contributed by atoms with Crippen LogP contribution in [0.2, 0.25) is 0 Å². The molecule has 0 saturated heterocycles. The molecule has 1 aromatic heterocycles. The summed E-state index contributed by atoms with van der Waals surface area (Å²) in [5, 5.41) is 8.39. The fourth-order valence-corrected chi connectivity index (χ4v) is 4.65. The molecule has 0 aliphatic heterocycles. The van der Waals surface area contributed by atoms with Crippen LogP contribution in [0, 0.1) is 0 Å². The van der Waals surface area contributed by atoms with E-state index in [1.807, 2.05) is 12.1 Å². The number of carbonyl (C=O) groups is 1. The first-order valence-corrected chi connectivity index (χ1v) is 10.9. The van der Waals surface area contributed by atoms with Crippen LogP contribution in [0.15, 0.2) is 60.0 Å². The second-order valence-corrected chi connectivity index (χ2v) is 8.58. The normalized spacial score (nSPS) is 12.7. The lowest BCUT2D eigenvalue weighted by Gasteiger charge is -2.15. The second-order valence-electron chi connectivity index (χ2n) is 7.58. The lowest BCUT2D eigenvalue weighted by atomic mass is 9.98. The number of ether oxygens (including phenoxy) is 1. The molecule has 1 heterocycles. The molecule has 5 heteroatoms. The molecule has 3 aromatic rings. The van der Waals surface area contributed by atoms with Crippen LogP contribution in [-0.2, 0) is 17.8 Å². The Kier molecular flexibility index (Phi) is 5.97. The average Bonchev–Trinajstić information content (AvgIpc) is 3.31. The SMILES string of the molecule is CC(C)NCc1sccc1CNC(=O)OCC1c2ccccc2-c2ccccc21. The van der Waals surface area contributed by atoms with Crippen LogP contribution in [-0.4, -0.2) is 18.7 Å². The topological polar surface area (TPSA) is 50.4 Å². The van der Waals surface area contributed by atoms with Crippen molar-refractivity contribution < 1.29 is 9.53 Å². The number of benzene rings is 2. The highest BCUT2D eigenvalue weighted by atomic mass is 32.1. The Bertz CT molecular complexity index is 950. The summed E-state index contributed by atoms with van der Waals surface area (Å²) < 4.78 is 5.61. The smallest absolute Gasteiger partial charge is 0.407 e. The van der Waals surface area contributed by atoms with E-state index in [-0.39, 0.29) is 12.0 Å². The number of amides is 1. The molecular formula is C24H26N2O2S. The molecule has 0 spiro atoms. The zero-order valence-corrected chi connectivity index (χ0v) is 17.6. The molecular weight excluding hydrogens is 380 g/mol. The standard InChI is InChI=1S/C24H26N2O2S/c1-16(2)25-14-23-17(11-12-29-23)13-26-24(27)28-15-22-20-9-5-3-7-18(20)19-8-4-6-10-21(19)22/h3-12,16,22,25H,13-15H2,1-2H3,(H,26,27). The van der Waals surface area contributed by atoms with Crippen LogP contribution >= 0.6 is 11.3 Å². The van der Waals surface area contributed by atoms with Crippen LogP contribution in [0.1, 0.15) is 41.3 Å². The summed E-state index contributed by atoms with van der Waals surface area (Å²) in [4.78, 5) is 13.6. The summed E-state index contributed by atoms with van der Waals surface area (Å²) in [6.07, 6.45) is -0.374. The lowest BCUT2D eigenvalue weighted by molar-refractivity contribution is 0.142. The van der Waals surface area contributed by atoms with Gasteiger partial charge in [-0.25, -0.2) is 4.79 Å². The van der Waals surface area contributed by atoms with Crippen LogP contribution < -0.4 is 10.6 Å². The second kappa shape index (κ2) is 8.80. The molecule has 0 bridgehead atoms. The summed E-state index contributed by atoms with van der Waals surface area (Å²) in [5.74, 6) is 0.0834. The van der Waals surface area contributed by atoms with E-state index in [9.17, 15) is 4.79 Å². The van der Waals surface area contributed by atoms with Gasteiger partial charge in [0, 0.05) is 29.9 Å². The maximum Gasteiger partial charge on any atom is 0.407 e. The predicted octanol–water partition coefficient (Wildman–Crippen LogP) is 5.28. The van der Waals surface area contributed by atoms with Gasteiger partial charge in [0.2, 0.25) is 0 Å². The number of nitrogens with one attached hydrogen (secondary N) is 2. The number of hydrogen-bond donors (Lipinski definition) is 2. The van der Waals surface area contributed by atoms with Crippen molar-refractivity contribution in [2.45, 2.75) is 38.9 Å². The molecule has 4 rings (SSSR count). The van der Waals surface area contributed by atoms with Crippen molar-refractivity contribution >= 4 is 17.4 Å². The molecule has 2 N–H and O–H groups in total. The lowest BCUT2D eigenvalue weighted by Crippen LogP contribution is -2.26. The highest BCUT2D eigenvalue weighted by Gasteiger charge is 2.28. The Morgan fingerprint density at radius 1 is 1.00 bits per heavy atom. The van der Waals surface area contributed by atoms with E-state index in [1.54, 1.807) is 11.3 Å². The minimum atomic E-state index is -0.374. The Balaban J connectivity index is 1.36. The first-order chi connectivity index (χ1) is 14.1. The molecule has 0 fully saturated rings. The summed E-state index contributed by atoms with van der Waals surface area (Å²) >= 11 is 1.71. The molecule has 0 atom stereocenters. The Hall–Kier alpha value is -2.63. The fourth-order valence-electron chi connectivity index (χ4n) is 3.79. The van der Waals surface area contributed by atoms with Crippen LogP contribution in [0.25, 0.3) is 11.1 Å². The van der Waals surface area contributed by atoms with Gasteiger partial charge in [-0.1, -0.05) is 62.4 Å². The summed E-state index contributed by atoms with van der Waals surface area (Å²) in [5.41, 5.74) is 6.05. The number of thiophene rings is 1. The number of alkyl carbamates (subject to hydrolysis) is 1. The largest absolute Gasteiger partial charge is 0.449 e. The van der Waals surface area contributed by atoms with E-state index in [0.29, 0.717) is 19.2 Å². The van der Waals surface area contributed by atoms with Gasteiger partial charge in [-0.3, -0.25) is 0 Å². The fraction of sp³-hybridized carbons (Fsp3) is 0.292. The molecule has 1 aliphatic rings. The Morgan fingerprint density at radius 3 is 2.31 bits per heavy atom. The third-order valence-electron chi connectivity index (χ3n) is 5.28. The Morgan fingerprint density at radius 2 is 1.66 bits per heavy atom. The van der Waals surface area contributed by atoms with Crippen molar-refractivity contribution in [2.75, 3.05) is 6.61 Å². The number of hydrogen-bond acceptors (Lipinski definition) is 4. The van der Waals surface area contributed by atoms with Gasteiger partial charge in [0.15, 0.2) is 0 Å². The van der Waals surface area contributed by atoms with Gasteiger partial charge in [0.05, 0.1) is 0 Å². The molecule has 0 radical (unpaired) electrons. The van der Waals surface area contributed by atoms with E-state index < -0.39 is 0 Å². The molecule has 4 nitrogen and oxygen atoms in total. The summed E-state index contributed by atoms with van der Waals surface area (Å²) in [7, 11) is 0. The zero-order valence-electron chi connectivity index (χ0n) is 16.8. The van der Waals surface area contributed by atoms with Gasteiger partial charge in [-0.15, -0.1) is 11.3 Å². The monoisotopic (exact) mass is 406 g/mol. The maximum absolute atomic E-state index is 12.4. The molecule has 150 valence electrons. The van der Waals surface area contributed by atoms with Gasteiger partial charge < -0.3 is 15.4 Å². The summed E-state index contributed by atoms with van der Waals surface area (Å²) in [6.45, 7) is 5.89. The minimum Gasteiger partial charge on any atom is -0.449 e. The highest BCUT2D eigenvalue weighted by molar-refractivity contribution is 7.10. The quantitative estimate of drug-likeness (QED) is 0.561. The van der Waals surface area contributed by atoms with E-state index in [0.717, 1.165) is 12.1 Å². The van der Waals surface area contributed by atoms with E-state index in [2.05, 4.69) is 72.3 Å². The Labute approximate surface area is 175 Å². The van der Waals surface area contributed by atoms with Gasteiger partial charge in [-0.05, 0) is 39.3 Å². The van der Waals surface area contributed by atoms with Crippen molar-refractivity contribution in [3.8, 4) is 11.1 Å². The van der Waals surface area contributed by atoms with E-state index in [1.165, 1.54) is 27.1 Å². The molecule has 0 unspecified atom stereocenters. The van der Waals surface area contributed by atoms with Gasteiger partial charge in [0.25, 0.3) is 0 Å². The zero-order chi connectivity index (χ0) is 20.2. The van der Waals surface area contributed by atoms with Crippen molar-refractivity contribution in [2.24, 2.45) is 0 Å². The van der Waals surface area contributed by atoms with Gasteiger partial charge in [-0.2, -0.15) is 0 Å².